The second-order valence-electron chi connectivity index (χ2n) is 3.03. The van der Waals surface area contributed by atoms with Gasteiger partial charge in [-0.15, -0.1) is 0 Å². The average molecular weight is 262 g/mol. The van der Waals surface area contributed by atoms with E-state index >= 15 is 0 Å². The molecule has 0 saturated heterocycles. The molecule has 0 heterocycles. The minimum absolute atomic E-state index is 0.467. The molecule has 0 aromatic carbocycles. The number of rotatable bonds is 6. The highest BCUT2D eigenvalue weighted by molar-refractivity contribution is 7.29. The summed E-state index contributed by atoms with van der Waals surface area (Å²) in [6.45, 7) is 2.23. The van der Waals surface area contributed by atoms with Gasteiger partial charge < -0.3 is 19.3 Å². The lowest BCUT2D eigenvalue weighted by Gasteiger charge is -2.25. The molecule has 0 aromatic heterocycles. The van der Waals surface area contributed by atoms with Gasteiger partial charge in [-0.2, -0.15) is 0 Å². The Morgan fingerprint density at radius 3 is 1.35 bits per heavy atom. The Bertz CT molecular complexity index is 342. The molecule has 2 N–H and O–H groups in total. The zero-order chi connectivity index (χ0) is 13.6. The van der Waals surface area contributed by atoms with Crippen LogP contribution in [0.5, 0.6) is 0 Å². The van der Waals surface area contributed by atoms with Crippen molar-refractivity contribution in [2.45, 2.75) is 13.8 Å². The maximum Gasteiger partial charge on any atom is 0.459 e. The number of hydrogen-bond acceptors (Lipinski definition) is 8. The van der Waals surface area contributed by atoms with E-state index in [-0.39, 0.29) is 0 Å². The summed E-state index contributed by atoms with van der Waals surface area (Å²) < 4.78 is 10.0. The highest BCUT2D eigenvalue weighted by atomic mass is 28.4. The highest BCUT2D eigenvalue weighted by Crippen LogP contribution is 2.13. The minimum Gasteiger partial charge on any atom is -0.411 e. The van der Waals surface area contributed by atoms with E-state index < -0.39 is 30.8 Å². The van der Waals surface area contributed by atoms with E-state index in [4.69, 9.17) is 19.3 Å². The van der Waals surface area contributed by atoms with E-state index in [0.717, 1.165) is 28.1 Å². The maximum atomic E-state index is 11.3. The van der Waals surface area contributed by atoms with Crippen molar-refractivity contribution in [3.8, 4) is 0 Å². The molecular formula is C8H14N2O6Si. The summed E-state index contributed by atoms with van der Waals surface area (Å²) in [7, 11) is -1.50. The van der Waals surface area contributed by atoms with Crippen LogP contribution in [0.2, 0.25) is 0 Å². The first-order chi connectivity index (χ1) is 7.91. The summed E-state index contributed by atoms with van der Waals surface area (Å²) in [6.07, 6.45) is 0. The van der Waals surface area contributed by atoms with Gasteiger partial charge in [0, 0.05) is 28.1 Å². The fraction of sp³-hybridized carbons (Fsp3) is 0.500. The van der Waals surface area contributed by atoms with Gasteiger partial charge in [0.05, 0.1) is 0 Å². The molecule has 0 bridgehead atoms. The van der Waals surface area contributed by atoms with E-state index in [0.29, 0.717) is 0 Å². The second kappa shape index (κ2) is 6.23. The van der Waals surface area contributed by atoms with Crippen molar-refractivity contribution < 1.29 is 28.9 Å². The van der Waals surface area contributed by atoms with Crippen LogP contribution in [0.1, 0.15) is 13.8 Å². The number of ketones is 2. The zero-order valence-corrected chi connectivity index (χ0v) is 10.9. The molecule has 0 aromatic rings. The van der Waals surface area contributed by atoms with Crippen molar-refractivity contribution in [1.82, 2.24) is 0 Å². The molecule has 96 valence electrons. The molecular weight excluding hydrogens is 248 g/mol. The van der Waals surface area contributed by atoms with Gasteiger partial charge in [0.1, 0.15) is 0 Å². The van der Waals surface area contributed by atoms with Crippen LogP contribution >= 0.6 is 0 Å². The Labute approximate surface area is 98.8 Å². The molecule has 0 rings (SSSR count). The quantitative estimate of drug-likeness (QED) is 0.292. The third-order valence-corrected chi connectivity index (χ3v) is 5.37. The van der Waals surface area contributed by atoms with Gasteiger partial charge in [-0.25, -0.2) is 0 Å². The summed E-state index contributed by atoms with van der Waals surface area (Å²) in [5, 5.41) is 22.3. The van der Waals surface area contributed by atoms with E-state index in [2.05, 4.69) is 10.3 Å². The van der Waals surface area contributed by atoms with Gasteiger partial charge >= 0.3 is 8.56 Å². The molecule has 0 unspecified atom stereocenters. The van der Waals surface area contributed by atoms with Crippen molar-refractivity contribution in [2.24, 2.45) is 10.3 Å². The molecule has 0 radical (unpaired) electrons. The predicted octanol–water partition coefficient (Wildman–Crippen LogP) is -0.362. The van der Waals surface area contributed by atoms with Gasteiger partial charge in [-0.3, -0.25) is 9.59 Å². The smallest absolute Gasteiger partial charge is 0.411 e. The van der Waals surface area contributed by atoms with Gasteiger partial charge in [-0.05, 0) is 0 Å². The molecule has 0 aliphatic heterocycles. The molecule has 0 spiro atoms. The van der Waals surface area contributed by atoms with Crippen LogP contribution in [0.3, 0.4) is 0 Å². The Balaban J connectivity index is 5.92. The first-order valence-electron chi connectivity index (χ1n) is 4.48. The van der Waals surface area contributed by atoms with Crippen molar-refractivity contribution in [3.05, 3.63) is 0 Å². The van der Waals surface area contributed by atoms with Gasteiger partial charge in [0.15, 0.2) is 22.2 Å². The van der Waals surface area contributed by atoms with Crippen molar-refractivity contribution in [3.63, 3.8) is 0 Å². The lowest BCUT2D eigenvalue weighted by Crippen LogP contribution is -2.61. The first kappa shape index (κ1) is 15.4. The number of hydrogen-bond donors (Lipinski definition) is 2. The predicted molar refractivity (Wildman–Crippen MR) is 59.6 cm³/mol. The standard InChI is InChI=1S/C8H14N2O6Si/c1-5(11)7(9-13)17(15-3,16-4)8(10-14)6(2)12/h13-14H,1-4H3. The van der Waals surface area contributed by atoms with Crippen molar-refractivity contribution in [2.75, 3.05) is 14.2 Å². The van der Waals surface area contributed by atoms with E-state index in [1.54, 1.807) is 0 Å². The summed E-state index contributed by atoms with van der Waals surface area (Å²) in [5.41, 5.74) is 0. The van der Waals surface area contributed by atoms with E-state index in [1.165, 1.54) is 0 Å². The Morgan fingerprint density at radius 2 is 1.24 bits per heavy atom. The molecule has 0 atom stereocenters. The number of Topliss-reactive ketones (excluding diaryl/α,β-unsaturated/α-hetero) is 2. The molecule has 9 heteroatoms. The van der Waals surface area contributed by atoms with Crippen molar-refractivity contribution >= 4 is 30.8 Å². The third kappa shape index (κ3) is 2.75. The third-order valence-electron chi connectivity index (χ3n) is 2.07. The fourth-order valence-corrected chi connectivity index (χ4v) is 3.67. The number of carbonyl (C=O) groups is 2. The molecule has 8 nitrogen and oxygen atoms in total. The van der Waals surface area contributed by atoms with Crippen LogP contribution in [-0.4, -0.2) is 55.4 Å². The summed E-state index contributed by atoms with van der Waals surface area (Å²) >= 11 is 0. The minimum atomic E-state index is -3.83. The monoisotopic (exact) mass is 262 g/mol. The van der Waals surface area contributed by atoms with Gasteiger partial charge in [-0.1, -0.05) is 10.3 Å². The van der Waals surface area contributed by atoms with Gasteiger partial charge in [0.2, 0.25) is 0 Å². The fourth-order valence-electron chi connectivity index (χ4n) is 1.32. The summed E-state index contributed by atoms with van der Waals surface area (Å²) in [4.78, 5) is 22.6. The molecule has 0 fully saturated rings. The Morgan fingerprint density at radius 1 is 0.941 bits per heavy atom. The molecule has 0 amide bonds. The van der Waals surface area contributed by atoms with Crippen LogP contribution in [0.25, 0.3) is 0 Å². The van der Waals surface area contributed by atoms with E-state index in [1.807, 2.05) is 0 Å². The summed E-state index contributed by atoms with van der Waals surface area (Å²) in [6, 6.07) is 0. The van der Waals surface area contributed by atoms with Gasteiger partial charge in [0.25, 0.3) is 0 Å². The SMILES string of the molecule is CO[Si](OC)(C(=NO)C(C)=O)C(=NO)C(C)=O. The first-order valence-corrected chi connectivity index (χ1v) is 6.30. The second-order valence-corrected chi connectivity index (χ2v) is 6.03. The largest absolute Gasteiger partial charge is 0.459 e. The molecule has 0 saturated carbocycles. The Kier molecular flexibility index (Phi) is 5.65. The topological polar surface area (TPSA) is 118 Å². The normalized spacial score (nSPS) is 13.6. The maximum absolute atomic E-state index is 11.3. The van der Waals surface area contributed by atoms with Crippen molar-refractivity contribution in [1.29, 1.82) is 0 Å². The molecule has 0 aliphatic carbocycles. The van der Waals surface area contributed by atoms with E-state index in [9.17, 15) is 9.59 Å². The lowest BCUT2D eigenvalue weighted by atomic mass is 10.5. The van der Waals surface area contributed by atoms with Crippen LogP contribution < -0.4 is 0 Å². The Hall–Kier alpha value is -1.58. The molecule has 0 aliphatic rings. The lowest BCUT2D eigenvalue weighted by molar-refractivity contribution is -0.111. The number of oxime groups is 2. The average Bonchev–Trinajstić information content (AvgIpc) is 2.27. The van der Waals surface area contributed by atoms with Crippen LogP contribution in [-0.2, 0) is 18.4 Å². The van der Waals surface area contributed by atoms with Crippen LogP contribution in [0, 0.1) is 0 Å². The van der Waals surface area contributed by atoms with Crippen LogP contribution in [0.4, 0.5) is 0 Å². The summed E-state index contributed by atoms with van der Waals surface area (Å²) in [5.74, 6) is -1.30. The number of carbonyl (C=O) groups excluding carboxylic acids is 2. The highest BCUT2D eigenvalue weighted by Gasteiger charge is 2.53. The number of nitrogens with zero attached hydrogens (tertiary/aromatic N) is 2. The zero-order valence-electron chi connectivity index (χ0n) is 9.92. The van der Waals surface area contributed by atoms with Crippen LogP contribution in [0.15, 0.2) is 10.3 Å². The molecule has 17 heavy (non-hydrogen) atoms.